The summed E-state index contributed by atoms with van der Waals surface area (Å²) in [5, 5.41) is 8.37. The smallest absolute Gasteiger partial charge is 0.450 e. The minimum Gasteiger partial charge on any atom is -0.450 e. The molecule has 0 aromatic carbocycles. The van der Waals surface area contributed by atoms with Crippen LogP contribution in [0.25, 0.3) is 0 Å². The Morgan fingerprint density at radius 1 is 1.29 bits per heavy atom. The lowest BCUT2D eigenvalue weighted by Gasteiger charge is -2.17. The molecule has 0 fully saturated rings. The molecule has 0 aliphatic rings. The second kappa shape index (κ2) is 6.95. The van der Waals surface area contributed by atoms with E-state index in [0.717, 1.165) is 0 Å². The van der Waals surface area contributed by atoms with Gasteiger partial charge in [-0.2, -0.15) is 4.89 Å². The van der Waals surface area contributed by atoms with E-state index in [1.54, 1.807) is 27.7 Å². The van der Waals surface area contributed by atoms with Crippen LogP contribution in [0.2, 0.25) is 0 Å². The number of carbonyl (C=O) groups is 2. The second-order valence-electron chi connectivity index (χ2n) is 4.25. The van der Waals surface area contributed by atoms with Crippen LogP contribution >= 0.6 is 0 Å². The largest absolute Gasteiger partial charge is 0.540 e. The van der Waals surface area contributed by atoms with Crippen molar-refractivity contribution in [3.8, 4) is 0 Å². The maximum atomic E-state index is 11.0. The van der Waals surface area contributed by atoms with E-state index in [9.17, 15) is 9.59 Å². The number of hydrogen-bond donors (Lipinski definition) is 1. The van der Waals surface area contributed by atoms with Crippen molar-refractivity contribution in [3.05, 3.63) is 0 Å². The first-order chi connectivity index (χ1) is 7.74. The van der Waals surface area contributed by atoms with Crippen molar-refractivity contribution < 1.29 is 33.9 Å². The van der Waals surface area contributed by atoms with E-state index in [1.165, 1.54) is 0 Å². The van der Waals surface area contributed by atoms with Crippen LogP contribution in [0.4, 0.5) is 9.59 Å². The summed E-state index contributed by atoms with van der Waals surface area (Å²) in [4.78, 5) is 30.3. The van der Waals surface area contributed by atoms with Gasteiger partial charge < -0.3 is 14.6 Å². The van der Waals surface area contributed by atoms with Crippen molar-refractivity contribution in [2.24, 2.45) is 0 Å². The molecule has 0 heterocycles. The highest BCUT2D eigenvalue weighted by atomic mass is 17.2. The van der Waals surface area contributed by atoms with Crippen LogP contribution in [-0.4, -0.2) is 35.7 Å². The normalized spacial score (nSPS) is 12.7. The zero-order valence-corrected chi connectivity index (χ0v) is 10.4. The Hall–Kier alpha value is -1.50. The average Bonchev–Trinajstić information content (AvgIpc) is 2.19. The van der Waals surface area contributed by atoms with Gasteiger partial charge in [0.05, 0.1) is 0 Å². The second-order valence-corrected chi connectivity index (χ2v) is 4.25. The minimum absolute atomic E-state index is 0.213. The molecular weight excluding hydrogens is 232 g/mol. The Labute approximate surface area is 99.5 Å². The van der Waals surface area contributed by atoms with Crippen molar-refractivity contribution in [3.63, 3.8) is 0 Å². The van der Waals surface area contributed by atoms with Crippen molar-refractivity contribution in [2.45, 2.75) is 45.8 Å². The van der Waals surface area contributed by atoms with Gasteiger partial charge in [0.2, 0.25) is 0 Å². The maximum absolute atomic E-state index is 11.0. The molecule has 0 rings (SSSR count). The van der Waals surface area contributed by atoms with Gasteiger partial charge in [-0.3, -0.25) is 4.89 Å². The topological polar surface area (TPSA) is 91.3 Å². The summed E-state index contributed by atoms with van der Waals surface area (Å²) in [5.41, 5.74) is -0.638. The highest BCUT2D eigenvalue weighted by molar-refractivity contribution is 5.59. The molecule has 17 heavy (non-hydrogen) atoms. The summed E-state index contributed by atoms with van der Waals surface area (Å²) in [5.74, 6) is 0. The SMILES string of the molecule is CCC(COC(=O)OOC(C)(C)C)OC(=O)O. The minimum atomic E-state index is -1.42. The molecule has 0 aliphatic carbocycles. The highest BCUT2D eigenvalue weighted by Gasteiger charge is 2.18. The maximum Gasteiger partial charge on any atom is 0.540 e. The van der Waals surface area contributed by atoms with Gasteiger partial charge in [0, 0.05) is 0 Å². The molecule has 7 nitrogen and oxygen atoms in total. The Morgan fingerprint density at radius 3 is 2.29 bits per heavy atom. The molecule has 0 bridgehead atoms. The van der Waals surface area contributed by atoms with E-state index in [-0.39, 0.29) is 6.61 Å². The number of ether oxygens (including phenoxy) is 2. The fourth-order valence-corrected chi connectivity index (χ4v) is 0.722. The molecule has 1 unspecified atom stereocenters. The highest BCUT2D eigenvalue weighted by Crippen LogP contribution is 2.08. The van der Waals surface area contributed by atoms with E-state index < -0.39 is 24.0 Å². The van der Waals surface area contributed by atoms with Gasteiger partial charge in [0.1, 0.15) is 18.3 Å². The third-order valence-electron chi connectivity index (χ3n) is 1.47. The summed E-state index contributed by atoms with van der Waals surface area (Å²) >= 11 is 0. The summed E-state index contributed by atoms with van der Waals surface area (Å²) in [6.07, 6.45) is -2.78. The molecule has 7 heteroatoms. The average molecular weight is 250 g/mol. The van der Waals surface area contributed by atoms with Crippen molar-refractivity contribution in [2.75, 3.05) is 6.61 Å². The molecule has 0 saturated heterocycles. The van der Waals surface area contributed by atoms with Crippen LogP contribution in [0.3, 0.4) is 0 Å². The molecule has 0 aliphatic heterocycles. The summed E-state index contributed by atoms with van der Waals surface area (Å²) in [6, 6.07) is 0. The molecule has 1 N–H and O–H groups in total. The Bertz CT molecular complexity index is 256. The third kappa shape index (κ3) is 9.43. The third-order valence-corrected chi connectivity index (χ3v) is 1.47. The quantitative estimate of drug-likeness (QED) is 0.454. The summed E-state index contributed by atoms with van der Waals surface area (Å²) in [7, 11) is 0. The molecular formula is C10H18O7. The van der Waals surface area contributed by atoms with Crippen LogP contribution < -0.4 is 0 Å². The van der Waals surface area contributed by atoms with Crippen molar-refractivity contribution in [1.82, 2.24) is 0 Å². The molecule has 0 radical (unpaired) electrons. The molecule has 0 saturated carbocycles. The van der Waals surface area contributed by atoms with Gasteiger partial charge >= 0.3 is 12.3 Å². The van der Waals surface area contributed by atoms with Crippen molar-refractivity contribution >= 4 is 12.3 Å². The predicted octanol–water partition coefficient (Wildman–Crippen LogP) is 2.34. The fourth-order valence-electron chi connectivity index (χ4n) is 0.722. The zero-order valence-electron chi connectivity index (χ0n) is 10.4. The monoisotopic (exact) mass is 250 g/mol. The van der Waals surface area contributed by atoms with E-state index in [1.807, 2.05) is 0 Å². The first kappa shape index (κ1) is 15.5. The molecule has 0 aromatic heterocycles. The van der Waals surface area contributed by atoms with Crippen LogP contribution in [0, 0.1) is 0 Å². The van der Waals surface area contributed by atoms with Gasteiger partial charge in [0.25, 0.3) is 0 Å². The van der Waals surface area contributed by atoms with E-state index in [0.29, 0.717) is 6.42 Å². The summed E-state index contributed by atoms with van der Waals surface area (Å²) < 4.78 is 9.06. The lowest BCUT2D eigenvalue weighted by atomic mass is 10.2. The van der Waals surface area contributed by atoms with Gasteiger partial charge in [-0.05, 0) is 27.2 Å². The van der Waals surface area contributed by atoms with Crippen LogP contribution in [0.15, 0.2) is 0 Å². The van der Waals surface area contributed by atoms with Gasteiger partial charge in [-0.25, -0.2) is 9.59 Å². The number of hydrogen-bond acceptors (Lipinski definition) is 6. The molecule has 100 valence electrons. The molecule has 1 atom stereocenters. The van der Waals surface area contributed by atoms with Crippen molar-refractivity contribution in [1.29, 1.82) is 0 Å². The van der Waals surface area contributed by atoms with Gasteiger partial charge in [0.15, 0.2) is 0 Å². The molecule has 0 spiro atoms. The lowest BCUT2D eigenvalue weighted by Crippen LogP contribution is -2.26. The predicted molar refractivity (Wildman–Crippen MR) is 56.5 cm³/mol. The lowest BCUT2D eigenvalue weighted by molar-refractivity contribution is -0.312. The number of rotatable bonds is 5. The van der Waals surface area contributed by atoms with E-state index in [4.69, 9.17) is 9.99 Å². The first-order valence-electron chi connectivity index (χ1n) is 5.16. The van der Waals surface area contributed by atoms with Crippen LogP contribution in [0.5, 0.6) is 0 Å². The summed E-state index contributed by atoms with van der Waals surface area (Å²) in [6.45, 7) is 6.58. The molecule has 0 amide bonds. The van der Waals surface area contributed by atoms with Gasteiger partial charge in [-0.15, -0.1) is 0 Å². The number of carboxylic acid groups (broad SMARTS) is 1. The zero-order chi connectivity index (χ0) is 13.5. The standard InChI is InChI=1S/C10H18O7/c1-5-7(15-8(11)12)6-14-9(13)16-17-10(2,3)4/h7H,5-6H2,1-4H3,(H,11,12). The Morgan fingerprint density at radius 2 is 1.88 bits per heavy atom. The number of carbonyl (C=O) groups excluding carboxylic acids is 1. The fraction of sp³-hybridized carbons (Fsp3) is 0.800. The molecule has 0 aromatic rings. The van der Waals surface area contributed by atoms with E-state index >= 15 is 0 Å². The first-order valence-corrected chi connectivity index (χ1v) is 5.16. The van der Waals surface area contributed by atoms with Gasteiger partial charge in [-0.1, -0.05) is 6.92 Å². The van der Waals surface area contributed by atoms with E-state index in [2.05, 4.69) is 14.4 Å². The van der Waals surface area contributed by atoms with Crippen LogP contribution in [-0.2, 0) is 19.2 Å². The van der Waals surface area contributed by atoms with Crippen LogP contribution in [0.1, 0.15) is 34.1 Å². The Balaban J connectivity index is 3.85. The Kier molecular flexibility index (Phi) is 6.34.